The van der Waals surface area contributed by atoms with Gasteiger partial charge in [-0.1, -0.05) is 0 Å². The van der Waals surface area contributed by atoms with Gasteiger partial charge in [-0.2, -0.15) is 0 Å². The molecule has 7 nitrogen and oxygen atoms in total. The van der Waals surface area contributed by atoms with Crippen LogP contribution in [0, 0.1) is 12.7 Å². The van der Waals surface area contributed by atoms with E-state index in [0.29, 0.717) is 17.9 Å². The summed E-state index contributed by atoms with van der Waals surface area (Å²) in [5.74, 6) is 0.248. The van der Waals surface area contributed by atoms with Crippen molar-refractivity contribution in [3.8, 4) is 5.75 Å². The number of ether oxygens (including phenoxy) is 1. The molecule has 1 aromatic carbocycles. The molecule has 1 aliphatic rings. The molecule has 1 saturated heterocycles. The summed E-state index contributed by atoms with van der Waals surface area (Å²) in [5, 5.41) is 0. The zero-order chi connectivity index (χ0) is 19.4. The average Bonchev–Trinajstić information content (AvgIpc) is 2.66. The number of methoxy groups -OCH3 is 1. The van der Waals surface area contributed by atoms with Crippen LogP contribution in [-0.2, 0) is 6.54 Å². The van der Waals surface area contributed by atoms with Gasteiger partial charge in [0.25, 0.3) is 5.56 Å². The van der Waals surface area contributed by atoms with Gasteiger partial charge < -0.3 is 14.2 Å². The number of nitrogens with one attached hydrogen (secondary N) is 1. The van der Waals surface area contributed by atoms with Gasteiger partial charge in [0.2, 0.25) is 0 Å². The number of nitrogens with zero attached hydrogens (tertiary/aromatic N) is 3. The van der Waals surface area contributed by atoms with Gasteiger partial charge >= 0.3 is 5.69 Å². The van der Waals surface area contributed by atoms with Crippen LogP contribution < -0.4 is 20.9 Å². The topological polar surface area (TPSA) is 70.6 Å². The molecule has 0 unspecified atom stereocenters. The predicted octanol–water partition coefficient (Wildman–Crippen LogP) is 1.63. The molecule has 0 saturated carbocycles. The highest BCUT2D eigenvalue weighted by molar-refractivity contribution is 5.85. The monoisotopic (exact) mass is 412 g/mol. The lowest BCUT2D eigenvalue weighted by molar-refractivity contribution is 0.249. The molecule has 1 N–H and O–H groups in total. The lowest BCUT2D eigenvalue weighted by Gasteiger charge is -2.36. The maximum atomic E-state index is 13.4. The summed E-state index contributed by atoms with van der Waals surface area (Å²) >= 11 is 0. The van der Waals surface area contributed by atoms with Gasteiger partial charge in [0.15, 0.2) is 0 Å². The molecule has 0 aliphatic carbocycles. The number of rotatable bonds is 6. The highest BCUT2D eigenvalue weighted by atomic mass is 35.5. The van der Waals surface area contributed by atoms with E-state index < -0.39 is 0 Å². The summed E-state index contributed by atoms with van der Waals surface area (Å²) in [5.41, 5.74) is 0.757. The van der Waals surface area contributed by atoms with E-state index in [0.717, 1.165) is 44.8 Å². The van der Waals surface area contributed by atoms with Gasteiger partial charge in [-0.15, -0.1) is 12.4 Å². The fourth-order valence-corrected chi connectivity index (χ4v) is 3.37. The van der Waals surface area contributed by atoms with E-state index >= 15 is 0 Å². The Morgan fingerprint density at radius 2 is 1.86 bits per heavy atom. The largest absolute Gasteiger partial charge is 0.494 e. The maximum absolute atomic E-state index is 13.4. The Labute approximate surface area is 169 Å². The highest BCUT2D eigenvalue weighted by Crippen LogP contribution is 2.29. The summed E-state index contributed by atoms with van der Waals surface area (Å²) < 4.78 is 20.2. The number of aryl methyl sites for hydroxylation is 2. The fourth-order valence-electron chi connectivity index (χ4n) is 3.37. The molecule has 1 fully saturated rings. The number of aromatic amines is 1. The zero-order valence-corrected chi connectivity index (χ0v) is 16.9. The van der Waals surface area contributed by atoms with E-state index in [-0.39, 0.29) is 29.5 Å². The van der Waals surface area contributed by atoms with E-state index in [4.69, 9.17) is 4.74 Å². The number of hydrogen-bond donors (Lipinski definition) is 1. The highest BCUT2D eigenvalue weighted by Gasteiger charge is 2.19. The molecule has 1 aliphatic heterocycles. The van der Waals surface area contributed by atoms with Gasteiger partial charge in [0.1, 0.15) is 11.6 Å². The Morgan fingerprint density at radius 1 is 1.14 bits per heavy atom. The van der Waals surface area contributed by atoms with Crippen molar-refractivity contribution in [3.05, 3.63) is 56.6 Å². The molecule has 0 bridgehead atoms. The smallest absolute Gasteiger partial charge is 0.328 e. The van der Waals surface area contributed by atoms with E-state index in [1.165, 1.54) is 12.1 Å². The minimum absolute atomic E-state index is 0. The second-order valence-electron chi connectivity index (χ2n) is 6.76. The summed E-state index contributed by atoms with van der Waals surface area (Å²) in [4.78, 5) is 30.1. The maximum Gasteiger partial charge on any atom is 0.328 e. The van der Waals surface area contributed by atoms with Crippen molar-refractivity contribution in [2.24, 2.45) is 0 Å². The van der Waals surface area contributed by atoms with Gasteiger partial charge in [0, 0.05) is 50.6 Å². The molecular formula is C19H26ClFN4O3. The Hall–Kier alpha value is -2.32. The average molecular weight is 413 g/mol. The van der Waals surface area contributed by atoms with Crippen LogP contribution in [0.1, 0.15) is 12.0 Å². The van der Waals surface area contributed by atoms with Gasteiger partial charge in [0.05, 0.1) is 12.8 Å². The fraction of sp³-hybridized carbons (Fsp3) is 0.474. The number of anilines is 1. The molecule has 1 aromatic heterocycles. The first-order valence-corrected chi connectivity index (χ1v) is 9.09. The Balaban J connectivity index is 0.00000280. The molecule has 0 radical (unpaired) electrons. The van der Waals surface area contributed by atoms with E-state index in [1.807, 2.05) is 0 Å². The first-order chi connectivity index (χ1) is 13.0. The van der Waals surface area contributed by atoms with Crippen LogP contribution >= 0.6 is 12.4 Å². The number of benzene rings is 1. The first-order valence-electron chi connectivity index (χ1n) is 9.09. The minimum atomic E-state index is -0.362. The summed E-state index contributed by atoms with van der Waals surface area (Å²) in [6, 6.07) is 4.62. The number of aromatic nitrogens is 2. The third-order valence-corrected chi connectivity index (χ3v) is 4.92. The van der Waals surface area contributed by atoms with Crippen molar-refractivity contribution in [1.82, 2.24) is 14.5 Å². The van der Waals surface area contributed by atoms with Gasteiger partial charge in [-0.05, 0) is 32.0 Å². The second-order valence-corrected chi connectivity index (χ2v) is 6.76. The van der Waals surface area contributed by atoms with Crippen LogP contribution in [0.15, 0.2) is 34.0 Å². The van der Waals surface area contributed by atoms with Crippen molar-refractivity contribution in [3.63, 3.8) is 0 Å². The summed E-state index contributed by atoms with van der Waals surface area (Å²) in [6.45, 7) is 6.58. The van der Waals surface area contributed by atoms with Crippen LogP contribution in [0.25, 0.3) is 0 Å². The predicted molar refractivity (Wildman–Crippen MR) is 110 cm³/mol. The molecule has 0 amide bonds. The van der Waals surface area contributed by atoms with E-state index in [1.54, 1.807) is 30.9 Å². The SMILES string of the molecule is COc1cc(F)ccc1N1CCN(CCCn2cc(C)c(=O)[nH]c2=O)CC1.Cl. The number of piperazine rings is 1. The van der Waals surface area contributed by atoms with Crippen LogP contribution in [0.5, 0.6) is 5.75 Å². The van der Waals surface area contributed by atoms with Gasteiger partial charge in [-0.3, -0.25) is 14.7 Å². The zero-order valence-electron chi connectivity index (χ0n) is 16.1. The molecule has 3 rings (SSSR count). The third kappa shape index (κ3) is 5.14. The molecule has 154 valence electrons. The van der Waals surface area contributed by atoms with Crippen molar-refractivity contribution in [1.29, 1.82) is 0 Å². The number of halogens is 2. The molecular weight excluding hydrogens is 387 g/mol. The van der Waals surface area contributed by atoms with Crippen LogP contribution in [0.3, 0.4) is 0 Å². The lowest BCUT2D eigenvalue weighted by Crippen LogP contribution is -2.47. The molecule has 0 atom stereocenters. The number of hydrogen-bond acceptors (Lipinski definition) is 5. The van der Waals surface area contributed by atoms with Crippen LogP contribution in [0.2, 0.25) is 0 Å². The van der Waals surface area contributed by atoms with E-state index in [9.17, 15) is 14.0 Å². The normalized spacial score (nSPS) is 14.6. The third-order valence-electron chi connectivity index (χ3n) is 4.92. The van der Waals surface area contributed by atoms with Crippen LogP contribution in [-0.4, -0.2) is 54.3 Å². The molecule has 0 spiro atoms. The Bertz CT molecular complexity index is 907. The van der Waals surface area contributed by atoms with Crippen molar-refractivity contribution in [2.75, 3.05) is 44.7 Å². The van der Waals surface area contributed by atoms with Crippen molar-refractivity contribution in [2.45, 2.75) is 19.9 Å². The molecule has 9 heteroatoms. The van der Waals surface area contributed by atoms with Crippen molar-refractivity contribution < 1.29 is 9.13 Å². The minimum Gasteiger partial charge on any atom is -0.494 e. The lowest BCUT2D eigenvalue weighted by atomic mass is 10.2. The second kappa shape index (κ2) is 9.75. The molecule has 28 heavy (non-hydrogen) atoms. The Kier molecular flexibility index (Phi) is 7.65. The van der Waals surface area contributed by atoms with Gasteiger partial charge in [-0.25, -0.2) is 9.18 Å². The molecule has 2 heterocycles. The quantitative estimate of drug-likeness (QED) is 0.780. The van der Waals surface area contributed by atoms with E-state index in [2.05, 4.69) is 14.8 Å². The Morgan fingerprint density at radius 3 is 2.54 bits per heavy atom. The van der Waals surface area contributed by atoms with Crippen molar-refractivity contribution >= 4 is 18.1 Å². The van der Waals surface area contributed by atoms with Crippen LogP contribution in [0.4, 0.5) is 10.1 Å². The standard InChI is InChI=1S/C19H25FN4O3.ClH/c1-14-13-24(19(26)21-18(14)25)7-3-6-22-8-10-23(11-9-22)16-5-4-15(20)12-17(16)27-2;/h4-5,12-13H,3,6-11H2,1-2H3,(H,21,25,26);1H. The first kappa shape index (κ1) is 22.0. The number of H-pyrrole nitrogens is 1. The summed E-state index contributed by atoms with van der Waals surface area (Å²) in [6.07, 6.45) is 2.44. The summed E-state index contributed by atoms with van der Waals surface area (Å²) in [7, 11) is 1.55. The molecule has 2 aromatic rings.